The Morgan fingerprint density at radius 2 is 2.00 bits per heavy atom. The highest BCUT2D eigenvalue weighted by atomic mass is 32.1. The molecule has 104 valence electrons. The zero-order valence-electron chi connectivity index (χ0n) is 10.3. The van der Waals surface area contributed by atoms with Gasteiger partial charge in [-0.1, -0.05) is 0 Å². The van der Waals surface area contributed by atoms with Crippen LogP contribution < -0.4 is 0 Å². The average molecular weight is 305 g/mol. The lowest BCUT2D eigenvalue weighted by atomic mass is 10.1. The predicted molar refractivity (Wildman–Crippen MR) is 72.6 cm³/mol. The summed E-state index contributed by atoms with van der Waals surface area (Å²) in [6.45, 7) is 0. The second-order valence-corrected chi connectivity index (χ2v) is 5.26. The van der Waals surface area contributed by atoms with E-state index >= 15 is 0 Å². The maximum atomic E-state index is 12.7. The van der Waals surface area contributed by atoms with Gasteiger partial charge in [0.15, 0.2) is 0 Å². The Labute approximate surface area is 121 Å². The van der Waals surface area contributed by atoms with Crippen LogP contribution in [0.3, 0.4) is 0 Å². The van der Waals surface area contributed by atoms with Gasteiger partial charge in [-0.2, -0.15) is 18.4 Å². The molecule has 0 N–H and O–H groups in total. The van der Waals surface area contributed by atoms with Gasteiger partial charge >= 0.3 is 6.18 Å². The van der Waals surface area contributed by atoms with Crippen LogP contribution in [0.4, 0.5) is 13.2 Å². The fourth-order valence-corrected chi connectivity index (χ4v) is 2.93. The van der Waals surface area contributed by atoms with E-state index in [1.807, 2.05) is 6.07 Å². The van der Waals surface area contributed by atoms with Gasteiger partial charge in [-0.15, -0.1) is 11.3 Å². The molecule has 0 bridgehead atoms. The molecular formula is C14H6F3N3S. The molecule has 0 fully saturated rings. The van der Waals surface area contributed by atoms with Crippen LogP contribution in [-0.2, 0) is 6.18 Å². The van der Waals surface area contributed by atoms with E-state index in [4.69, 9.17) is 5.26 Å². The fraction of sp³-hybridized carbons (Fsp3) is 0.0714. The number of fused-ring (bicyclic) bond motifs is 1. The molecule has 2 heterocycles. The lowest BCUT2D eigenvalue weighted by Crippen LogP contribution is -2.03. The largest absolute Gasteiger partial charge is 0.416 e. The van der Waals surface area contributed by atoms with Crippen molar-refractivity contribution in [3.8, 4) is 16.6 Å². The first-order valence-corrected chi connectivity index (χ1v) is 6.63. The topological polar surface area (TPSA) is 49.6 Å². The number of nitrogens with zero attached hydrogens (tertiary/aromatic N) is 3. The van der Waals surface area contributed by atoms with Crippen LogP contribution in [0, 0.1) is 11.3 Å². The van der Waals surface area contributed by atoms with Crippen molar-refractivity contribution in [3.63, 3.8) is 0 Å². The van der Waals surface area contributed by atoms with Crippen molar-refractivity contribution in [2.24, 2.45) is 0 Å². The number of pyridine rings is 1. The third-order valence-electron chi connectivity index (χ3n) is 2.89. The van der Waals surface area contributed by atoms with E-state index in [0.29, 0.717) is 26.4 Å². The number of aromatic nitrogens is 2. The van der Waals surface area contributed by atoms with Crippen LogP contribution in [-0.4, -0.2) is 9.97 Å². The molecule has 0 aliphatic heterocycles. The minimum atomic E-state index is -4.38. The standard InChI is InChI=1S/C14H6F3N3S/c15-14(16,17)9-1-2-11-12(5-9)21-13(20-11)10-3-4-19-7-8(10)6-18/h1-5,7H. The Balaban J connectivity index is 2.16. The Kier molecular flexibility index (Phi) is 3.11. The van der Waals surface area contributed by atoms with Crippen LogP contribution in [0.25, 0.3) is 20.8 Å². The molecule has 0 amide bonds. The molecule has 0 atom stereocenters. The molecule has 0 saturated heterocycles. The van der Waals surface area contributed by atoms with Gasteiger partial charge in [0.05, 0.1) is 21.3 Å². The summed E-state index contributed by atoms with van der Waals surface area (Å²) in [6.07, 6.45) is -1.46. The minimum absolute atomic E-state index is 0.340. The number of hydrogen-bond acceptors (Lipinski definition) is 4. The summed E-state index contributed by atoms with van der Waals surface area (Å²) in [5.41, 5.74) is 0.680. The molecule has 21 heavy (non-hydrogen) atoms. The van der Waals surface area contributed by atoms with Crippen molar-refractivity contribution in [3.05, 3.63) is 47.8 Å². The first kappa shape index (κ1) is 13.5. The zero-order valence-corrected chi connectivity index (χ0v) is 11.2. The molecule has 0 radical (unpaired) electrons. The predicted octanol–water partition coefficient (Wildman–Crippen LogP) is 4.25. The molecule has 3 rings (SSSR count). The van der Waals surface area contributed by atoms with Gasteiger partial charge in [0.25, 0.3) is 0 Å². The van der Waals surface area contributed by atoms with Gasteiger partial charge < -0.3 is 0 Å². The van der Waals surface area contributed by atoms with Crippen LogP contribution in [0.5, 0.6) is 0 Å². The van der Waals surface area contributed by atoms with E-state index in [1.54, 1.807) is 6.07 Å². The number of halogens is 3. The summed E-state index contributed by atoms with van der Waals surface area (Å²) >= 11 is 1.12. The number of rotatable bonds is 1. The highest BCUT2D eigenvalue weighted by molar-refractivity contribution is 7.21. The van der Waals surface area contributed by atoms with Gasteiger partial charge in [0, 0.05) is 18.0 Å². The summed E-state index contributed by atoms with van der Waals surface area (Å²) in [5, 5.41) is 9.55. The fourth-order valence-electron chi connectivity index (χ4n) is 1.89. The third-order valence-corrected chi connectivity index (χ3v) is 3.94. The highest BCUT2D eigenvalue weighted by Crippen LogP contribution is 2.36. The van der Waals surface area contributed by atoms with E-state index in [-0.39, 0.29) is 0 Å². The summed E-state index contributed by atoms with van der Waals surface area (Å²) in [4.78, 5) is 8.13. The molecule has 0 spiro atoms. The molecule has 3 nitrogen and oxygen atoms in total. The molecule has 2 aromatic heterocycles. The Bertz CT molecular complexity index is 862. The van der Waals surface area contributed by atoms with Crippen molar-refractivity contribution in [1.29, 1.82) is 5.26 Å². The van der Waals surface area contributed by atoms with Crippen LogP contribution in [0.1, 0.15) is 11.1 Å². The minimum Gasteiger partial charge on any atom is -0.263 e. The SMILES string of the molecule is N#Cc1cnccc1-c1nc2ccc(C(F)(F)F)cc2s1. The van der Waals surface area contributed by atoms with E-state index in [0.717, 1.165) is 23.5 Å². The van der Waals surface area contributed by atoms with E-state index in [9.17, 15) is 13.2 Å². The number of alkyl halides is 3. The molecule has 0 unspecified atom stereocenters. The smallest absolute Gasteiger partial charge is 0.263 e. The van der Waals surface area contributed by atoms with Crippen molar-refractivity contribution >= 4 is 21.6 Å². The monoisotopic (exact) mass is 305 g/mol. The molecular weight excluding hydrogens is 299 g/mol. The maximum absolute atomic E-state index is 12.7. The maximum Gasteiger partial charge on any atom is 0.416 e. The summed E-state index contributed by atoms with van der Waals surface area (Å²) in [7, 11) is 0. The van der Waals surface area contributed by atoms with E-state index < -0.39 is 11.7 Å². The van der Waals surface area contributed by atoms with Gasteiger partial charge in [-0.3, -0.25) is 4.98 Å². The van der Waals surface area contributed by atoms with Crippen molar-refractivity contribution < 1.29 is 13.2 Å². The quantitative estimate of drug-likeness (QED) is 0.675. The lowest BCUT2D eigenvalue weighted by molar-refractivity contribution is -0.137. The second kappa shape index (κ2) is 4.82. The van der Waals surface area contributed by atoms with Gasteiger partial charge in [0.1, 0.15) is 11.1 Å². The molecule has 1 aromatic carbocycles. The Morgan fingerprint density at radius 1 is 1.19 bits per heavy atom. The zero-order chi connectivity index (χ0) is 15.0. The first-order valence-electron chi connectivity index (χ1n) is 5.81. The van der Waals surface area contributed by atoms with Gasteiger partial charge in [0.2, 0.25) is 0 Å². The van der Waals surface area contributed by atoms with Crippen molar-refractivity contribution in [2.45, 2.75) is 6.18 Å². The van der Waals surface area contributed by atoms with E-state index in [2.05, 4.69) is 9.97 Å². The molecule has 0 saturated carbocycles. The summed E-state index contributed by atoms with van der Waals surface area (Å²) in [6, 6.07) is 7.04. The number of hydrogen-bond donors (Lipinski definition) is 0. The normalized spacial score (nSPS) is 11.5. The molecule has 0 aliphatic rings. The van der Waals surface area contributed by atoms with Gasteiger partial charge in [-0.05, 0) is 24.3 Å². The number of benzene rings is 1. The van der Waals surface area contributed by atoms with Crippen molar-refractivity contribution in [2.75, 3.05) is 0 Å². The Hall–Kier alpha value is -2.46. The van der Waals surface area contributed by atoms with E-state index in [1.165, 1.54) is 18.5 Å². The Morgan fingerprint density at radius 3 is 2.71 bits per heavy atom. The molecule has 7 heteroatoms. The third kappa shape index (κ3) is 2.45. The summed E-state index contributed by atoms with van der Waals surface area (Å²) in [5.74, 6) is 0. The van der Waals surface area contributed by atoms with Crippen LogP contribution in [0.2, 0.25) is 0 Å². The van der Waals surface area contributed by atoms with Crippen molar-refractivity contribution in [1.82, 2.24) is 9.97 Å². The highest BCUT2D eigenvalue weighted by Gasteiger charge is 2.30. The molecule has 0 aliphatic carbocycles. The van der Waals surface area contributed by atoms with Gasteiger partial charge in [-0.25, -0.2) is 4.98 Å². The second-order valence-electron chi connectivity index (χ2n) is 4.23. The van der Waals surface area contributed by atoms with Crippen LogP contribution in [0.15, 0.2) is 36.7 Å². The summed E-state index contributed by atoms with van der Waals surface area (Å²) < 4.78 is 38.5. The first-order chi connectivity index (χ1) is 9.99. The number of thiazole rings is 1. The lowest BCUT2D eigenvalue weighted by Gasteiger charge is -2.04. The van der Waals surface area contributed by atoms with Crippen LogP contribution >= 0.6 is 11.3 Å². The number of nitriles is 1. The average Bonchev–Trinajstić information content (AvgIpc) is 2.89. The molecule has 3 aromatic rings.